The molecule has 0 heterocycles. The minimum absolute atomic E-state index is 0.846. The van der Waals surface area contributed by atoms with Crippen molar-refractivity contribution in [3.63, 3.8) is 0 Å². The largest absolute Gasteiger partial charge is 0.0651 e. The number of hydrogen-bond donors (Lipinski definition) is 0. The second-order valence-electron chi connectivity index (χ2n) is 5.08. The van der Waals surface area contributed by atoms with Gasteiger partial charge in [-0.2, -0.15) is 0 Å². The number of hydrogen-bond acceptors (Lipinski definition) is 0. The van der Waals surface area contributed by atoms with Gasteiger partial charge < -0.3 is 0 Å². The molecule has 2 rings (SSSR count). The average molecular weight is 166 g/mol. The summed E-state index contributed by atoms with van der Waals surface area (Å²) in [5.74, 6) is 1.09. The molecule has 0 aliphatic heterocycles. The molecule has 1 unspecified atom stereocenters. The van der Waals surface area contributed by atoms with Crippen molar-refractivity contribution < 1.29 is 0 Å². The lowest BCUT2D eigenvalue weighted by Gasteiger charge is -2.33. The van der Waals surface area contributed by atoms with Crippen molar-refractivity contribution in [3.8, 4) is 0 Å². The molecule has 0 bridgehead atoms. The summed E-state index contributed by atoms with van der Waals surface area (Å²) < 4.78 is 0. The van der Waals surface area contributed by atoms with Gasteiger partial charge in [-0.05, 0) is 43.4 Å². The van der Waals surface area contributed by atoms with Gasteiger partial charge in [-0.15, -0.1) is 0 Å². The zero-order valence-corrected chi connectivity index (χ0v) is 8.44. The van der Waals surface area contributed by atoms with E-state index >= 15 is 0 Å². The summed E-state index contributed by atoms with van der Waals surface area (Å²) in [6, 6.07) is 0. The third-order valence-electron chi connectivity index (χ3n) is 4.30. The van der Waals surface area contributed by atoms with E-state index in [-0.39, 0.29) is 0 Å². The van der Waals surface area contributed by atoms with E-state index in [2.05, 4.69) is 6.92 Å². The van der Waals surface area contributed by atoms with Crippen LogP contribution in [0.5, 0.6) is 0 Å². The Kier molecular flexibility index (Phi) is 2.43. The van der Waals surface area contributed by atoms with Gasteiger partial charge in [-0.25, -0.2) is 0 Å². The van der Waals surface area contributed by atoms with E-state index < -0.39 is 0 Å². The van der Waals surface area contributed by atoms with Crippen molar-refractivity contribution in [1.29, 1.82) is 0 Å². The van der Waals surface area contributed by atoms with Crippen LogP contribution in [-0.2, 0) is 0 Å². The molecule has 0 aromatic rings. The maximum absolute atomic E-state index is 2.37. The molecule has 1 atom stereocenters. The molecule has 2 aliphatic rings. The van der Waals surface area contributed by atoms with Gasteiger partial charge in [-0.1, -0.05) is 32.6 Å². The van der Waals surface area contributed by atoms with Gasteiger partial charge in [0.2, 0.25) is 0 Å². The van der Waals surface area contributed by atoms with E-state index in [4.69, 9.17) is 0 Å². The van der Waals surface area contributed by atoms with Crippen LogP contribution in [0, 0.1) is 11.3 Å². The van der Waals surface area contributed by atoms with Crippen molar-refractivity contribution in [3.05, 3.63) is 0 Å². The fraction of sp³-hybridized carbons (Fsp3) is 1.00. The summed E-state index contributed by atoms with van der Waals surface area (Å²) >= 11 is 0. The standard InChI is InChI=1S/C12H22/c1-2-11-6-9-12(10-11)7-4-3-5-8-12/h11H,2-10H2,1H3. The SMILES string of the molecule is CCC1CCC2(CCCCC2)C1. The molecule has 2 aliphatic carbocycles. The summed E-state index contributed by atoms with van der Waals surface area (Å²) in [6.07, 6.45) is 13.8. The van der Waals surface area contributed by atoms with E-state index in [1.807, 2.05) is 0 Å². The van der Waals surface area contributed by atoms with E-state index in [1.54, 1.807) is 25.7 Å². The van der Waals surface area contributed by atoms with Gasteiger partial charge in [0.1, 0.15) is 0 Å². The molecule has 2 saturated carbocycles. The lowest BCUT2D eigenvalue weighted by atomic mass is 9.72. The summed E-state index contributed by atoms with van der Waals surface area (Å²) in [4.78, 5) is 0. The Balaban J connectivity index is 1.94. The third-order valence-corrected chi connectivity index (χ3v) is 4.30. The Bertz CT molecular complexity index is 142. The monoisotopic (exact) mass is 166 g/mol. The first-order chi connectivity index (χ1) is 5.85. The molecular formula is C12H22. The number of rotatable bonds is 1. The predicted molar refractivity (Wildman–Crippen MR) is 53.2 cm³/mol. The molecule has 0 N–H and O–H groups in total. The van der Waals surface area contributed by atoms with E-state index in [1.165, 1.54) is 32.1 Å². The minimum Gasteiger partial charge on any atom is -0.0651 e. The Hall–Kier alpha value is 0. The van der Waals surface area contributed by atoms with Crippen LogP contribution in [-0.4, -0.2) is 0 Å². The average Bonchev–Trinajstić information content (AvgIpc) is 2.50. The lowest BCUT2D eigenvalue weighted by molar-refractivity contribution is 0.188. The Morgan fingerprint density at radius 1 is 1.08 bits per heavy atom. The third kappa shape index (κ3) is 1.53. The van der Waals surface area contributed by atoms with Crippen LogP contribution < -0.4 is 0 Å². The van der Waals surface area contributed by atoms with Gasteiger partial charge >= 0.3 is 0 Å². The van der Waals surface area contributed by atoms with Crippen LogP contribution in [0.4, 0.5) is 0 Å². The molecule has 2 fully saturated rings. The highest BCUT2D eigenvalue weighted by Crippen LogP contribution is 2.51. The molecular weight excluding hydrogens is 144 g/mol. The fourth-order valence-corrected chi connectivity index (χ4v) is 3.43. The van der Waals surface area contributed by atoms with Gasteiger partial charge in [0.05, 0.1) is 0 Å². The molecule has 0 nitrogen and oxygen atoms in total. The topological polar surface area (TPSA) is 0 Å². The summed E-state index contributed by atoms with van der Waals surface area (Å²) in [5, 5.41) is 0. The highest BCUT2D eigenvalue weighted by atomic mass is 14.4. The zero-order valence-electron chi connectivity index (χ0n) is 8.44. The van der Waals surface area contributed by atoms with Crippen LogP contribution in [0.25, 0.3) is 0 Å². The minimum atomic E-state index is 0.846. The second-order valence-corrected chi connectivity index (χ2v) is 5.08. The summed E-state index contributed by atoms with van der Waals surface area (Å²) in [5.41, 5.74) is 0.846. The molecule has 1 spiro atoms. The van der Waals surface area contributed by atoms with E-state index in [0.717, 1.165) is 11.3 Å². The second kappa shape index (κ2) is 3.40. The smallest absolute Gasteiger partial charge is 0.0295 e. The Labute approximate surface area is 76.7 Å². The van der Waals surface area contributed by atoms with E-state index in [9.17, 15) is 0 Å². The van der Waals surface area contributed by atoms with Gasteiger partial charge in [0.25, 0.3) is 0 Å². The Morgan fingerprint density at radius 2 is 1.83 bits per heavy atom. The maximum atomic E-state index is 2.37. The zero-order chi connectivity index (χ0) is 8.44. The maximum Gasteiger partial charge on any atom is -0.0295 e. The first kappa shape index (κ1) is 8.59. The van der Waals surface area contributed by atoms with Crippen molar-refractivity contribution >= 4 is 0 Å². The molecule has 0 radical (unpaired) electrons. The van der Waals surface area contributed by atoms with Crippen LogP contribution in [0.15, 0.2) is 0 Å². The van der Waals surface area contributed by atoms with Crippen LogP contribution in [0.2, 0.25) is 0 Å². The van der Waals surface area contributed by atoms with Crippen molar-refractivity contribution in [2.24, 2.45) is 11.3 Å². The molecule has 0 amide bonds. The highest BCUT2D eigenvalue weighted by molar-refractivity contribution is 4.90. The summed E-state index contributed by atoms with van der Waals surface area (Å²) in [6.45, 7) is 2.37. The normalized spacial score (nSPS) is 34.2. The molecule has 0 aromatic carbocycles. The van der Waals surface area contributed by atoms with E-state index in [0.29, 0.717) is 0 Å². The highest BCUT2D eigenvalue weighted by Gasteiger charge is 2.38. The first-order valence-electron chi connectivity index (χ1n) is 5.85. The van der Waals surface area contributed by atoms with Crippen LogP contribution in [0.3, 0.4) is 0 Å². The van der Waals surface area contributed by atoms with Crippen molar-refractivity contribution in [2.75, 3.05) is 0 Å². The Morgan fingerprint density at radius 3 is 2.42 bits per heavy atom. The van der Waals surface area contributed by atoms with Gasteiger partial charge in [-0.3, -0.25) is 0 Å². The fourth-order valence-electron chi connectivity index (χ4n) is 3.43. The lowest BCUT2D eigenvalue weighted by Crippen LogP contribution is -2.20. The molecule has 0 aromatic heterocycles. The van der Waals surface area contributed by atoms with Crippen molar-refractivity contribution in [2.45, 2.75) is 64.7 Å². The molecule has 0 heteroatoms. The summed E-state index contributed by atoms with van der Waals surface area (Å²) in [7, 11) is 0. The van der Waals surface area contributed by atoms with Crippen LogP contribution in [0.1, 0.15) is 64.7 Å². The quantitative estimate of drug-likeness (QED) is 0.549. The van der Waals surface area contributed by atoms with Gasteiger partial charge in [0, 0.05) is 0 Å². The van der Waals surface area contributed by atoms with Crippen LogP contribution >= 0.6 is 0 Å². The predicted octanol–water partition coefficient (Wildman–Crippen LogP) is 4.15. The first-order valence-corrected chi connectivity index (χ1v) is 5.85. The molecule has 70 valence electrons. The molecule has 12 heavy (non-hydrogen) atoms. The van der Waals surface area contributed by atoms with Gasteiger partial charge in [0.15, 0.2) is 0 Å². The van der Waals surface area contributed by atoms with Crippen molar-refractivity contribution in [1.82, 2.24) is 0 Å². The molecule has 0 saturated heterocycles.